The van der Waals surface area contributed by atoms with Gasteiger partial charge in [-0.25, -0.2) is 0 Å². The van der Waals surface area contributed by atoms with Crippen LogP contribution >= 0.6 is 0 Å². The second-order valence-electron chi connectivity index (χ2n) is 4.94. The Labute approximate surface area is 97.0 Å². The van der Waals surface area contributed by atoms with Crippen molar-refractivity contribution in [2.45, 2.75) is 32.3 Å². The van der Waals surface area contributed by atoms with E-state index in [0.29, 0.717) is 0 Å². The van der Waals surface area contributed by atoms with Crippen LogP contribution in [0.2, 0.25) is 0 Å². The van der Waals surface area contributed by atoms with E-state index in [0.717, 1.165) is 37.4 Å². The van der Waals surface area contributed by atoms with Gasteiger partial charge in [0, 0.05) is 0 Å². The number of nitrogens with one attached hydrogen (secondary N) is 1. The van der Waals surface area contributed by atoms with Crippen molar-refractivity contribution >= 4 is 5.69 Å². The van der Waals surface area contributed by atoms with Crippen LogP contribution in [0.5, 0.6) is 5.75 Å². The van der Waals surface area contributed by atoms with Crippen molar-refractivity contribution in [3.05, 3.63) is 23.8 Å². The van der Waals surface area contributed by atoms with Gasteiger partial charge in [-0.1, -0.05) is 6.07 Å². The van der Waals surface area contributed by atoms with Gasteiger partial charge in [0.15, 0.2) is 0 Å². The van der Waals surface area contributed by atoms with Crippen LogP contribution in [-0.4, -0.2) is 18.7 Å². The molecular formula is C13H20N2O. The van der Waals surface area contributed by atoms with Crippen molar-refractivity contribution in [1.29, 1.82) is 0 Å². The van der Waals surface area contributed by atoms with E-state index in [1.54, 1.807) is 0 Å². The number of anilines is 1. The first kappa shape index (κ1) is 11.3. The van der Waals surface area contributed by atoms with E-state index in [1.807, 2.05) is 0 Å². The standard InChI is InChI=1S/C13H20N2O/c1-13(2)9-15-11-8-10(4-3-7-14)5-6-12(11)16-13/h5-6,8,15H,3-4,7,9,14H2,1-2H3. The fourth-order valence-corrected chi connectivity index (χ4v) is 1.91. The average molecular weight is 220 g/mol. The minimum Gasteiger partial charge on any atom is -0.484 e. The molecule has 3 heteroatoms. The first-order chi connectivity index (χ1) is 7.61. The number of hydrogen-bond acceptors (Lipinski definition) is 3. The number of benzene rings is 1. The van der Waals surface area contributed by atoms with Gasteiger partial charge in [-0.15, -0.1) is 0 Å². The molecule has 3 nitrogen and oxygen atoms in total. The Bertz CT molecular complexity index is 374. The molecule has 1 aromatic rings. The van der Waals surface area contributed by atoms with Crippen LogP contribution < -0.4 is 15.8 Å². The summed E-state index contributed by atoms with van der Waals surface area (Å²) in [5.41, 5.74) is 7.81. The van der Waals surface area contributed by atoms with E-state index >= 15 is 0 Å². The van der Waals surface area contributed by atoms with Crippen LogP contribution in [0.15, 0.2) is 18.2 Å². The molecule has 0 saturated heterocycles. The lowest BCUT2D eigenvalue weighted by Crippen LogP contribution is -2.40. The smallest absolute Gasteiger partial charge is 0.143 e. The lowest BCUT2D eigenvalue weighted by molar-refractivity contribution is 0.116. The van der Waals surface area contributed by atoms with Crippen LogP contribution in [0.4, 0.5) is 5.69 Å². The highest BCUT2D eigenvalue weighted by molar-refractivity contribution is 5.60. The minimum atomic E-state index is -0.119. The topological polar surface area (TPSA) is 47.3 Å². The summed E-state index contributed by atoms with van der Waals surface area (Å²) in [5.74, 6) is 0.952. The quantitative estimate of drug-likeness (QED) is 0.820. The lowest BCUT2D eigenvalue weighted by Gasteiger charge is -2.33. The molecule has 0 fully saturated rings. The molecule has 1 heterocycles. The Balaban J connectivity index is 2.15. The zero-order valence-electron chi connectivity index (χ0n) is 10.0. The van der Waals surface area contributed by atoms with E-state index in [4.69, 9.17) is 10.5 Å². The summed E-state index contributed by atoms with van der Waals surface area (Å²) in [6, 6.07) is 6.34. The molecule has 0 radical (unpaired) electrons. The van der Waals surface area contributed by atoms with Gasteiger partial charge in [0.25, 0.3) is 0 Å². The van der Waals surface area contributed by atoms with Crippen molar-refractivity contribution < 1.29 is 4.74 Å². The maximum absolute atomic E-state index is 5.89. The maximum atomic E-state index is 5.89. The van der Waals surface area contributed by atoms with E-state index in [2.05, 4.69) is 37.4 Å². The van der Waals surface area contributed by atoms with E-state index in [9.17, 15) is 0 Å². The summed E-state index contributed by atoms with van der Waals surface area (Å²) in [6.07, 6.45) is 2.07. The number of ether oxygens (including phenoxy) is 1. The van der Waals surface area contributed by atoms with Gasteiger partial charge in [0.05, 0.1) is 12.2 Å². The van der Waals surface area contributed by atoms with Crippen LogP contribution in [-0.2, 0) is 6.42 Å². The SMILES string of the molecule is CC1(C)CNc2cc(CCCN)ccc2O1. The highest BCUT2D eigenvalue weighted by Gasteiger charge is 2.25. The molecule has 0 bridgehead atoms. The van der Waals surface area contributed by atoms with E-state index < -0.39 is 0 Å². The predicted octanol–water partition coefficient (Wildman–Crippen LogP) is 2.16. The van der Waals surface area contributed by atoms with Gasteiger partial charge >= 0.3 is 0 Å². The van der Waals surface area contributed by atoms with Gasteiger partial charge in [-0.3, -0.25) is 0 Å². The molecule has 0 aliphatic carbocycles. The third-order valence-corrected chi connectivity index (χ3v) is 2.80. The van der Waals surface area contributed by atoms with Crippen molar-refractivity contribution in [2.24, 2.45) is 5.73 Å². The Morgan fingerprint density at radius 2 is 2.25 bits per heavy atom. The summed E-state index contributed by atoms with van der Waals surface area (Å²) < 4.78 is 5.89. The molecular weight excluding hydrogens is 200 g/mol. The van der Waals surface area contributed by atoms with Crippen LogP contribution in [0, 0.1) is 0 Å². The molecule has 0 aromatic heterocycles. The Hall–Kier alpha value is -1.22. The number of aryl methyl sites for hydroxylation is 1. The number of hydrogen-bond donors (Lipinski definition) is 2. The summed E-state index contributed by atoms with van der Waals surface area (Å²) in [5, 5.41) is 3.41. The van der Waals surface area contributed by atoms with E-state index in [-0.39, 0.29) is 5.60 Å². The average Bonchev–Trinajstić information content (AvgIpc) is 2.25. The number of rotatable bonds is 3. The molecule has 3 N–H and O–H groups in total. The van der Waals surface area contributed by atoms with Gasteiger partial charge in [0.2, 0.25) is 0 Å². The highest BCUT2D eigenvalue weighted by Crippen LogP contribution is 2.33. The molecule has 0 amide bonds. The molecule has 88 valence electrons. The molecule has 0 spiro atoms. The van der Waals surface area contributed by atoms with Crippen molar-refractivity contribution in [2.75, 3.05) is 18.4 Å². The first-order valence-corrected chi connectivity index (χ1v) is 5.87. The normalized spacial score (nSPS) is 17.2. The third kappa shape index (κ3) is 2.47. The number of fused-ring (bicyclic) bond motifs is 1. The van der Waals surface area contributed by atoms with Gasteiger partial charge < -0.3 is 15.8 Å². The number of nitrogens with two attached hydrogens (primary N) is 1. The van der Waals surface area contributed by atoms with Gasteiger partial charge in [0.1, 0.15) is 11.4 Å². The summed E-state index contributed by atoms with van der Waals surface area (Å²) >= 11 is 0. The predicted molar refractivity (Wildman–Crippen MR) is 67.0 cm³/mol. The zero-order chi connectivity index (χ0) is 11.6. The lowest BCUT2D eigenvalue weighted by atomic mass is 10.0. The Morgan fingerprint density at radius 3 is 3.00 bits per heavy atom. The second-order valence-corrected chi connectivity index (χ2v) is 4.94. The van der Waals surface area contributed by atoms with Crippen molar-refractivity contribution in [1.82, 2.24) is 0 Å². The zero-order valence-corrected chi connectivity index (χ0v) is 10.0. The molecule has 16 heavy (non-hydrogen) atoms. The molecule has 1 aromatic carbocycles. The summed E-state index contributed by atoms with van der Waals surface area (Å²) in [7, 11) is 0. The molecule has 2 rings (SSSR count). The molecule has 0 saturated carbocycles. The Morgan fingerprint density at radius 1 is 1.44 bits per heavy atom. The fraction of sp³-hybridized carbons (Fsp3) is 0.538. The van der Waals surface area contributed by atoms with Crippen molar-refractivity contribution in [3.63, 3.8) is 0 Å². The molecule has 1 aliphatic rings. The maximum Gasteiger partial charge on any atom is 0.143 e. The van der Waals surface area contributed by atoms with Gasteiger partial charge in [-0.05, 0) is 50.9 Å². The summed E-state index contributed by atoms with van der Waals surface area (Å²) in [4.78, 5) is 0. The van der Waals surface area contributed by atoms with Crippen LogP contribution in [0.1, 0.15) is 25.8 Å². The van der Waals surface area contributed by atoms with Crippen molar-refractivity contribution in [3.8, 4) is 5.75 Å². The first-order valence-electron chi connectivity index (χ1n) is 5.87. The van der Waals surface area contributed by atoms with Gasteiger partial charge in [-0.2, -0.15) is 0 Å². The second kappa shape index (κ2) is 4.34. The monoisotopic (exact) mass is 220 g/mol. The third-order valence-electron chi connectivity index (χ3n) is 2.80. The Kier molecular flexibility index (Phi) is 3.06. The van der Waals surface area contributed by atoms with Crippen LogP contribution in [0.25, 0.3) is 0 Å². The van der Waals surface area contributed by atoms with Crippen LogP contribution in [0.3, 0.4) is 0 Å². The largest absolute Gasteiger partial charge is 0.484 e. The van der Waals surface area contributed by atoms with E-state index in [1.165, 1.54) is 5.56 Å². The molecule has 0 atom stereocenters. The molecule has 1 aliphatic heterocycles. The fourth-order valence-electron chi connectivity index (χ4n) is 1.91. The summed E-state index contributed by atoms with van der Waals surface area (Å²) in [6.45, 7) is 5.77. The highest BCUT2D eigenvalue weighted by atomic mass is 16.5. The molecule has 0 unspecified atom stereocenters. The minimum absolute atomic E-state index is 0.119.